The fourth-order valence-electron chi connectivity index (χ4n) is 2.83. The molecule has 0 unspecified atom stereocenters. The maximum atomic E-state index is 11.8. The Balaban J connectivity index is 1.82. The van der Waals surface area contributed by atoms with Gasteiger partial charge in [-0.15, -0.1) is 0 Å². The van der Waals surface area contributed by atoms with Crippen LogP contribution < -0.4 is 14.9 Å². The van der Waals surface area contributed by atoms with E-state index in [1.807, 2.05) is 30.3 Å². The van der Waals surface area contributed by atoms with Crippen LogP contribution in [-0.2, 0) is 26.0 Å². The Morgan fingerprint density at radius 3 is 2.29 bits per heavy atom. The lowest BCUT2D eigenvalue weighted by Gasteiger charge is -2.14. The van der Waals surface area contributed by atoms with Gasteiger partial charge in [-0.1, -0.05) is 30.3 Å². The van der Waals surface area contributed by atoms with Crippen LogP contribution in [0.2, 0.25) is 0 Å². The number of anilines is 1. The van der Waals surface area contributed by atoms with E-state index in [2.05, 4.69) is 10.5 Å². The molecule has 0 aliphatic rings. The lowest BCUT2D eigenvalue weighted by molar-refractivity contribution is -0.135. The molecule has 0 fully saturated rings. The number of hydrogen-bond donors (Lipinski definition) is 1. The van der Waals surface area contributed by atoms with Crippen molar-refractivity contribution < 1.29 is 27.4 Å². The summed E-state index contributed by atoms with van der Waals surface area (Å²) in [6.07, 6.45) is 1.15. The summed E-state index contributed by atoms with van der Waals surface area (Å²) in [5.74, 6) is 0.888. The van der Waals surface area contributed by atoms with Crippen LogP contribution in [0.25, 0.3) is 0 Å². The number of benzene rings is 3. The maximum Gasteiger partial charge on any atom is 0.354 e. The molecule has 0 aliphatic carbocycles. The van der Waals surface area contributed by atoms with Crippen LogP contribution in [0.1, 0.15) is 19.4 Å². The smallest absolute Gasteiger partial charge is 0.354 e. The van der Waals surface area contributed by atoms with Gasteiger partial charge in [0.2, 0.25) is 0 Å². The average Bonchev–Trinajstić information content (AvgIpc) is 2.82. The Hall–Kier alpha value is -3.85. The van der Waals surface area contributed by atoms with Gasteiger partial charge in [-0.3, -0.25) is 5.43 Å². The van der Waals surface area contributed by atoms with Gasteiger partial charge in [0.25, 0.3) is 0 Å². The van der Waals surface area contributed by atoms with E-state index in [-0.39, 0.29) is 17.2 Å². The molecule has 3 aromatic rings. The zero-order valence-electron chi connectivity index (χ0n) is 19.1. The van der Waals surface area contributed by atoms with Gasteiger partial charge >= 0.3 is 5.97 Å². The van der Waals surface area contributed by atoms with Crippen molar-refractivity contribution in [2.75, 3.05) is 18.3 Å². The number of esters is 1. The fourth-order valence-corrected chi connectivity index (χ4v) is 3.46. The Bertz CT molecular complexity index is 1260. The highest BCUT2D eigenvalue weighted by molar-refractivity contribution is 7.90. The Kier molecular flexibility index (Phi) is 8.26. The van der Waals surface area contributed by atoms with Gasteiger partial charge in [-0.25, -0.2) is 13.2 Å². The number of nitrogens with zero attached hydrogens (tertiary/aromatic N) is 1. The number of ether oxygens (including phenoxy) is 3. The van der Waals surface area contributed by atoms with Crippen molar-refractivity contribution in [1.82, 2.24) is 0 Å². The number of carbonyl (C=O) groups excluding carboxylic acids is 1. The van der Waals surface area contributed by atoms with Crippen molar-refractivity contribution in [2.45, 2.75) is 25.3 Å². The van der Waals surface area contributed by atoms with Gasteiger partial charge in [-0.05, 0) is 55.8 Å². The molecule has 1 N–H and O–H groups in total. The van der Waals surface area contributed by atoms with Crippen LogP contribution in [0.5, 0.6) is 17.2 Å². The standard InChI is InChI=1S/C25H26N2O6S/c1-4-31-25(28)18(2)26-27-23-15-12-21(16-24(23)32-17-19-8-6-5-7-9-19)33-20-10-13-22(14-11-20)34(3,29)30/h5-16,27H,4,17H2,1-3H3/b26-18+. The zero-order valence-corrected chi connectivity index (χ0v) is 20.0. The van der Waals surface area contributed by atoms with Gasteiger partial charge in [0.1, 0.15) is 29.6 Å². The fraction of sp³-hybridized carbons (Fsp3) is 0.200. The zero-order chi connectivity index (χ0) is 24.6. The molecule has 0 spiro atoms. The van der Waals surface area contributed by atoms with E-state index in [1.165, 1.54) is 12.1 Å². The summed E-state index contributed by atoms with van der Waals surface area (Å²) in [5.41, 5.74) is 4.51. The first-order valence-corrected chi connectivity index (χ1v) is 12.4. The molecule has 0 saturated heterocycles. The Morgan fingerprint density at radius 1 is 0.971 bits per heavy atom. The molecule has 0 atom stereocenters. The number of hydrogen-bond acceptors (Lipinski definition) is 8. The molecule has 178 valence electrons. The third kappa shape index (κ3) is 7.08. The minimum Gasteiger partial charge on any atom is -0.487 e. The summed E-state index contributed by atoms with van der Waals surface area (Å²) in [4.78, 5) is 12.0. The molecule has 0 aliphatic heterocycles. The minimum absolute atomic E-state index is 0.169. The van der Waals surface area contributed by atoms with Crippen molar-refractivity contribution >= 4 is 27.2 Å². The summed E-state index contributed by atoms with van der Waals surface area (Å²) in [6, 6.07) is 20.9. The quantitative estimate of drug-likeness (QED) is 0.251. The predicted octanol–water partition coefficient (Wildman–Crippen LogP) is 4.81. The molecule has 9 heteroatoms. The molecule has 0 amide bonds. The lowest BCUT2D eigenvalue weighted by atomic mass is 10.2. The van der Waals surface area contributed by atoms with E-state index in [0.29, 0.717) is 29.5 Å². The Labute approximate surface area is 199 Å². The molecule has 0 aromatic heterocycles. The molecule has 0 bridgehead atoms. The van der Waals surface area contributed by atoms with Crippen LogP contribution in [0.15, 0.2) is 82.8 Å². The van der Waals surface area contributed by atoms with Crippen LogP contribution >= 0.6 is 0 Å². The van der Waals surface area contributed by atoms with E-state index in [9.17, 15) is 13.2 Å². The molecule has 3 aromatic carbocycles. The molecule has 0 radical (unpaired) electrons. The highest BCUT2D eigenvalue weighted by atomic mass is 32.2. The first kappa shape index (κ1) is 24.8. The average molecular weight is 483 g/mol. The van der Waals surface area contributed by atoms with Gasteiger partial charge in [0.05, 0.1) is 17.2 Å². The van der Waals surface area contributed by atoms with E-state index in [0.717, 1.165) is 11.8 Å². The molecule has 0 heterocycles. The summed E-state index contributed by atoms with van der Waals surface area (Å²) in [7, 11) is -3.29. The van der Waals surface area contributed by atoms with E-state index in [1.54, 1.807) is 44.2 Å². The number of nitrogens with one attached hydrogen (secondary N) is 1. The van der Waals surface area contributed by atoms with Gasteiger partial charge in [-0.2, -0.15) is 5.10 Å². The molecule has 3 rings (SSSR count). The van der Waals surface area contributed by atoms with Crippen LogP contribution in [0.3, 0.4) is 0 Å². The number of hydrazone groups is 1. The SMILES string of the molecule is CCOC(=O)/C(C)=N/Nc1ccc(Oc2ccc(S(C)(=O)=O)cc2)cc1OCc1ccccc1. The number of rotatable bonds is 10. The predicted molar refractivity (Wildman–Crippen MR) is 130 cm³/mol. The summed E-state index contributed by atoms with van der Waals surface area (Å²) < 4.78 is 40.1. The molecule has 8 nitrogen and oxygen atoms in total. The molecule has 34 heavy (non-hydrogen) atoms. The highest BCUT2D eigenvalue weighted by Gasteiger charge is 2.11. The van der Waals surface area contributed by atoms with Gasteiger partial charge < -0.3 is 14.2 Å². The summed E-state index contributed by atoms with van der Waals surface area (Å²) in [6.45, 7) is 3.84. The first-order chi connectivity index (χ1) is 16.3. The largest absolute Gasteiger partial charge is 0.487 e. The third-order valence-corrected chi connectivity index (χ3v) is 5.72. The van der Waals surface area contributed by atoms with Crippen LogP contribution in [0, 0.1) is 0 Å². The summed E-state index contributed by atoms with van der Waals surface area (Å²) >= 11 is 0. The van der Waals surface area contributed by atoms with Crippen LogP contribution in [-0.4, -0.2) is 33.0 Å². The number of sulfone groups is 1. The van der Waals surface area contributed by atoms with E-state index >= 15 is 0 Å². The first-order valence-electron chi connectivity index (χ1n) is 10.5. The van der Waals surface area contributed by atoms with Gasteiger partial charge in [0.15, 0.2) is 9.84 Å². The second-order valence-corrected chi connectivity index (χ2v) is 9.32. The maximum absolute atomic E-state index is 11.8. The van der Waals surface area contributed by atoms with E-state index in [4.69, 9.17) is 14.2 Å². The second-order valence-electron chi connectivity index (χ2n) is 7.31. The monoisotopic (exact) mass is 482 g/mol. The lowest BCUT2D eigenvalue weighted by Crippen LogP contribution is -2.15. The third-order valence-electron chi connectivity index (χ3n) is 4.59. The van der Waals surface area contributed by atoms with Crippen LogP contribution in [0.4, 0.5) is 5.69 Å². The van der Waals surface area contributed by atoms with Crippen molar-refractivity contribution in [3.05, 3.63) is 78.4 Å². The minimum atomic E-state index is -3.29. The molecule has 0 saturated carbocycles. The second kappa shape index (κ2) is 11.3. The Morgan fingerprint density at radius 2 is 1.65 bits per heavy atom. The number of carbonyl (C=O) groups is 1. The van der Waals surface area contributed by atoms with E-state index < -0.39 is 15.8 Å². The van der Waals surface area contributed by atoms with Crippen molar-refractivity contribution in [2.24, 2.45) is 5.10 Å². The molecular formula is C25H26N2O6S. The summed E-state index contributed by atoms with van der Waals surface area (Å²) in [5, 5.41) is 4.09. The normalized spacial score (nSPS) is 11.6. The van der Waals surface area contributed by atoms with Crippen molar-refractivity contribution in [3.8, 4) is 17.2 Å². The van der Waals surface area contributed by atoms with Gasteiger partial charge in [0, 0.05) is 12.3 Å². The van der Waals surface area contributed by atoms with Crippen molar-refractivity contribution in [1.29, 1.82) is 0 Å². The highest BCUT2D eigenvalue weighted by Crippen LogP contribution is 2.33. The van der Waals surface area contributed by atoms with Crippen molar-refractivity contribution in [3.63, 3.8) is 0 Å². The topological polar surface area (TPSA) is 103 Å². The molecular weight excluding hydrogens is 456 g/mol.